The standard InChI is InChI=1S/C18H13N3O2/c1-2-4-15-11(3-1)8-16(23-15)18-20-13-6-5-12(7-14(13)21-18)17-9-19-10-22-17/h1-7,9-10,16H,8H2,(H,20,21). The Labute approximate surface area is 132 Å². The Balaban J connectivity index is 1.52. The van der Waals surface area contributed by atoms with Crippen molar-refractivity contribution in [2.75, 3.05) is 0 Å². The number of oxazole rings is 1. The highest BCUT2D eigenvalue weighted by Crippen LogP contribution is 2.36. The maximum absolute atomic E-state index is 6.00. The highest BCUT2D eigenvalue weighted by molar-refractivity contribution is 5.80. The molecule has 112 valence electrons. The van der Waals surface area contributed by atoms with Crippen molar-refractivity contribution in [1.82, 2.24) is 15.0 Å². The summed E-state index contributed by atoms with van der Waals surface area (Å²) in [5.41, 5.74) is 4.08. The smallest absolute Gasteiger partial charge is 0.181 e. The highest BCUT2D eigenvalue weighted by atomic mass is 16.5. The van der Waals surface area contributed by atoms with Crippen LogP contribution in [0, 0.1) is 0 Å². The van der Waals surface area contributed by atoms with Crippen LogP contribution in [0.4, 0.5) is 0 Å². The Hall–Kier alpha value is -3.08. The number of imidazole rings is 1. The minimum absolute atomic E-state index is 0.0615. The van der Waals surface area contributed by atoms with E-state index >= 15 is 0 Å². The number of aromatic amines is 1. The van der Waals surface area contributed by atoms with Crippen LogP contribution < -0.4 is 4.74 Å². The van der Waals surface area contributed by atoms with Crippen LogP contribution in [0.1, 0.15) is 17.5 Å². The monoisotopic (exact) mass is 303 g/mol. The first-order chi connectivity index (χ1) is 11.4. The first-order valence-corrected chi connectivity index (χ1v) is 7.50. The zero-order valence-electron chi connectivity index (χ0n) is 12.2. The fourth-order valence-corrected chi connectivity index (χ4v) is 3.03. The van der Waals surface area contributed by atoms with Gasteiger partial charge in [-0.15, -0.1) is 0 Å². The number of fused-ring (bicyclic) bond motifs is 2. The number of aromatic nitrogens is 3. The molecule has 1 N–H and O–H groups in total. The van der Waals surface area contributed by atoms with Crippen LogP contribution in [-0.4, -0.2) is 15.0 Å². The van der Waals surface area contributed by atoms with Crippen LogP contribution >= 0.6 is 0 Å². The second kappa shape index (κ2) is 4.71. The van der Waals surface area contributed by atoms with E-state index in [4.69, 9.17) is 9.15 Å². The third kappa shape index (κ3) is 2.01. The lowest BCUT2D eigenvalue weighted by Crippen LogP contribution is -2.05. The zero-order chi connectivity index (χ0) is 15.2. The molecule has 0 aliphatic carbocycles. The van der Waals surface area contributed by atoms with Gasteiger partial charge in [-0.05, 0) is 29.8 Å². The van der Waals surface area contributed by atoms with Gasteiger partial charge >= 0.3 is 0 Å². The number of para-hydroxylation sites is 1. The first kappa shape index (κ1) is 12.5. The van der Waals surface area contributed by atoms with E-state index in [1.54, 1.807) is 6.20 Å². The third-order valence-corrected chi connectivity index (χ3v) is 4.17. The van der Waals surface area contributed by atoms with Crippen molar-refractivity contribution in [3.05, 3.63) is 66.4 Å². The average Bonchev–Trinajstić information content (AvgIpc) is 3.31. The van der Waals surface area contributed by atoms with Crippen molar-refractivity contribution in [3.63, 3.8) is 0 Å². The minimum atomic E-state index is -0.0615. The summed E-state index contributed by atoms with van der Waals surface area (Å²) in [4.78, 5) is 12.0. The predicted octanol–water partition coefficient (Wildman–Crippen LogP) is 3.89. The van der Waals surface area contributed by atoms with Crippen LogP contribution in [0.2, 0.25) is 0 Å². The summed E-state index contributed by atoms with van der Waals surface area (Å²) in [5, 5.41) is 0. The summed E-state index contributed by atoms with van der Waals surface area (Å²) >= 11 is 0. The molecule has 4 aromatic rings. The number of H-pyrrole nitrogens is 1. The molecule has 1 atom stereocenters. The Bertz CT molecular complexity index is 964. The summed E-state index contributed by atoms with van der Waals surface area (Å²) in [5.74, 6) is 2.54. The molecule has 0 saturated heterocycles. The SMILES string of the molecule is c1ccc2c(c1)CC(c1nc3ccc(-c4cnco4)cc3[nH]1)O2. The van der Waals surface area contributed by atoms with Gasteiger partial charge in [0.2, 0.25) is 0 Å². The number of nitrogens with one attached hydrogen (secondary N) is 1. The lowest BCUT2D eigenvalue weighted by molar-refractivity contribution is 0.229. The molecule has 0 bridgehead atoms. The summed E-state index contributed by atoms with van der Waals surface area (Å²) in [6, 6.07) is 14.1. The molecule has 2 aromatic carbocycles. The van der Waals surface area contributed by atoms with Crippen molar-refractivity contribution >= 4 is 11.0 Å². The van der Waals surface area contributed by atoms with Crippen molar-refractivity contribution in [2.45, 2.75) is 12.5 Å². The van der Waals surface area contributed by atoms with Gasteiger partial charge in [-0.25, -0.2) is 9.97 Å². The molecule has 0 spiro atoms. The maximum Gasteiger partial charge on any atom is 0.181 e. The van der Waals surface area contributed by atoms with Crippen molar-refractivity contribution in [2.24, 2.45) is 0 Å². The Kier molecular flexibility index (Phi) is 2.55. The molecule has 3 heterocycles. The molecule has 5 heteroatoms. The summed E-state index contributed by atoms with van der Waals surface area (Å²) in [6.45, 7) is 0. The summed E-state index contributed by atoms with van der Waals surface area (Å²) < 4.78 is 11.3. The van der Waals surface area contributed by atoms with Gasteiger partial charge < -0.3 is 14.1 Å². The van der Waals surface area contributed by atoms with Crippen LogP contribution in [0.15, 0.2) is 59.5 Å². The normalized spacial score (nSPS) is 16.4. The molecule has 0 radical (unpaired) electrons. The van der Waals surface area contributed by atoms with E-state index in [9.17, 15) is 0 Å². The van der Waals surface area contributed by atoms with Gasteiger partial charge in [-0.3, -0.25) is 0 Å². The quantitative estimate of drug-likeness (QED) is 0.610. The molecular weight excluding hydrogens is 290 g/mol. The number of hydrogen-bond donors (Lipinski definition) is 1. The van der Waals surface area contributed by atoms with Crippen LogP contribution in [0.25, 0.3) is 22.4 Å². The molecular formula is C18H13N3O2. The lowest BCUT2D eigenvalue weighted by atomic mass is 10.1. The van der Waals surface area contributed by atoms with E-state index in [1.165, 1.54) is 12.0 Å². The molecule has 5 rings (SSSR count). The van der Waals surface area contributed by atoms with Crippen molar-refractivity contribution < 1.29 is 9.15 Å². The minimum Gasteiger partial charge on any atom is -0.482 e. The number of rotatable bonds is 2. The average molecular weight is 303 g/mol. The Morgan fingerprint density at radius 2 is 2.09 bits per heavy atom. The largest absolute Gasteiger partial charge is 0.482 e. The van der Waals surface area contributed by atoms with Gasteiger partial charge in [0.1, 0.15) is 11.6 Å². The summed E-state index contributed by atoms with van der Waals surface area (Å²) in [6.07, 6.45) is 3.91. The fourth-order valence-electron chi connectivity index (χ4n) is 3.03. The molecule has 1 unspecified atom stereocenters. The van der Waals surface area contributed by atoms with Gasteiger partial charge in [0.25, 0.3) is 0 Å². The fraction of sp³-hybridized carbons (Fsp3) is 0.111. The number of ether oxygens (including phenoxy) is 1. The number of benzene rings is 2. The summed E-state index contributed by atoms with van der Waals surface area (Å²) in [7, 11) is 0. The molecule has 0 amide bonds. The maximum atomic E-state index is 6.00. The second-order valence-electron chi connectivity index (χ2n) is 5.64. The molecule has 23 heavy (non-hydrogen) atoms. The second-order valence-corrected chi connectivity index (χ2v) is 5.64. The van der Waals surface area contributed by atoms with E-state index in [-0.39, 0.29) is 6.10 Å². The molecule has 1 aliphatic heterocycles. The first-order valence-electron chi connectivity index (χ1n) is 7.50. The van der Waals surface area contributed by atoms with Crippen LogP contribution in [0.5, 0.6) is 5.75 Å². The zero-order valence-corrected chi connectivity index (χ0v) is 12.2. The van der Waals surface area contributed by atoms with Crippen LogP contribution in [0.3, 0.4) is 0 Å². The highest BCUT2D eigenvalue weighted by Gasteiger charge is 2.26. The molecule has 5 nitrogen and oxygen atoms in total. The Morgan fingerprint density at radius 1 is 1.13 bits per heavy atom. The van der Waals surface area contributed by atoms with Gasteiger partial charge in [0, 0.05) is 12.0 Å². The van der Waals surface area contributed by atoms with Crippen molar-refractivity contribution in [3.8, 4) is 17.1 Å². The molecule has 2 aromatic heterocycles. The predicted molar refractivity (Wildman–Crippen MR) is 85.1 cm³/mol. The van der Waals surface area contributed by atoms with Gasteiger partial charge in [-0.2, -0.15) is 0 Å². The lowest BCUT2D eigenvalue weighted by Gasteiger charge is -2.06. The van der Waals surface area contributed by atoms with Crippen LogP contribution in [-0.2, 0) is 6.42 Å². The van der Waals surface area contributed by atoms with Gasteiger partial charge in [-0.1, -0.05) is 18.2 Å². The van der Waals surface area contributed by atoms with E-state index in [0.29, 0.717) is 0 Å². The van der Waals surface area contributed by atoms with Gasteiger partial charge in [0.15, 0.2) is 18.3 Å². The topological polar surface area (TPSA) is 63.9 Å². The van der Waals surface area contributed by atoms with E-state index in [2.05, 4.69) is 21.0 Å². The van der Waals surface area contributed by atoms with E-state index in [0.717, 1.165) is 40.4 Å². The molecule has 0 fully saturated rings. The van der Waals surface area contributed by atoms with E-state index in [1.807, 2.05) is 36.4 Å². The van der Waals surface area contributed by atoms with E-state index < -0.39 is 0 Å². The molecule has 1 aliphatic rings. The van der Waals surface area contributed by atoms with Crippen molar-refractivity contribution in [1.29, 1.82) is 0 Å². The number of hydrogen-bond acceptors (Lipinski definition) is 4. The molecule has 0 saturated carbocycles. The number of nitrogens with zero attached hydrogens (tertiary/aromatic N) is 2. The third-order valence-electron chi connectivity index (χ3n) is 4.17. The Morgan fingerprint density at radius 3 is 2.96 bits per heavy atom. The van der Waals surface area contributed by atoms with Gasteiger partial charge in [0.05, 0.1) is 17.2 Å².